The summed E-state index contributed by atoms with van der Waals surface area (Å²) in [5, 5.41) is 15.0. The van der Waals surface area contributed by atoms with Crippen molar-refractivity contribution in [3.05, 3.63) is 46.3 Å². The Morgan fingerprint density at radius 1 is 1.24 bits per heavy atom. The molecule has 2 aromatic rings. The minimum Gasteiger partial charge on any atom is -0.372 e. The number of hydrogen-bond donors (Lipinski definition) is 1. The first kappa shape index (κ1) is 20.7. The van der Waals surface area contributed by atoms with E-state index in [0.717, 1.165) is 38.0 Å². The van der Waals surface area contributed by atoms with Gasteiger partial charge in [0, 0.05) is 39.4 Å². The summed E-state index contributed by atoms with van der Waals surface area (Å²) in [6.07, 6.45) is 4.04. The quantitative estimate of drug-likeness (QED) is 0.406. The summed E-state index contributed by atoms with van der Waals surface area (Å²) < 4.78 is 11.9. The van der Waals surface area contributed by atoms with Crippen LogP contribution in [-0.4, -0.2) is 54.2 Å². The third-order valence-corrected chi connectivity index (χ3v) is 5.27. The Balaban J connectivity index is 1.66. The normalized spacial score (nSPS) is 15.1. The molecule has 0 radical (unpaired) electrons. The summed E-state index contributed by atoms with van der Waals surface area (Å²) in [4.78, 5) is 24.1. The molecule has 0 saturated carbocycles. The van der Waals surface area contributed by atoms with E-state index in [1.165, 1.54) is 10.9 Å². The molecule has 1 fully saturated rings. The van der Waals surface area contributed by atoms with Gasteiger partial charge in [-0.3, -0.25) is 14.9 Å². The lowest BCUT2D eigenvalue weighted by Crippen LogP contribution is -2.35. The molecule has 2 heterocycles. The van der Waals surface area contributed by atoms with Crippen molar-refractivity contribution < 1.29 is 19.2 Å². The van der Waals surface area contributed by atoms with Crippen molar-refractivity contribution in [3.63, 3.8) is 0 Å². The number of rotatable bonds is 8. The monoisotopic (exact) mass is 403 g/mol. The van der Waals surface area contributed by atoms with Gasteiger partial charge in [-0.05, 0) is 43.0 Å². The van der Waals surface area contributed by atoms with Crippen LogP contribution in [0, 0.1) is 16.0 Å². The first-order chi connectivity index (χ1) is 13.9. The topological polar surface area (TPSA) is 126 Å². The molecule has 1 amide bonds. The number of nitrogens with two attached hydrogens (primary N) is 1. The van der Waals surface area contributed by atoms with Crippen LogP contribution in [0.2, 0.25) is 0 Å². The van der Waals surface area contributed by atoms with E-state index in [1.54, 1.807) is 14.2 Å². The predicted octanol–water partition coefficient (Wildman–Crippen LogP) is 2.10. The molecule has 0 bridgehead atoms. The molecule has 0 atom stereocenters. The number of benzene rings is 1. The van der Waals surface area contributed by atoms with E-state index < -0.39 is 16.5 Å². The second-order valence-corrected chi connectivity index (χ2v) is 7.01. The van der Waals surface area contributed by atoms with Crippen LogP contribution in [-0.2, 0) is 9.47 Å². The maximum absolute atomic E-state index is 11.4. The summed E-state index contributed by atoms with van der Waals surface area (Å²) in [6, 6.07) is 7.52. The molecule has 0 unspecified atom stereocenters. The van der Waals surface area contributed by atoms with Crippen molar-refractivity contribution in [2.45, 2.75) is 25.6 Å². The van der Waals surface area contributed by atoms with E-state index in [4.69, 9.17) is 15.2 Å². The van der Waals surface area contributed by atoms with E-state index in [-0.39, 0.29) is 12.0 Å². The molecule has 1 aliphatic heterocycles. The van der Waals surface area contributed by atoms with E-state index in [2.05, 4.69) is 10.00 Å². The summed E-state index contributed by atoms with van der Waals surface area (Å²) in [7, 11) is 3.32. The fourth-order valence-electron chi connectivity index (χ4n) is 3.61. The van der Waals surface area contributed by atoms with Crippen molar-refractivity contribution >= 4 is 17.3 Å². The average molecular weight is 403 g/mol. The number of methoxy groups -OCH3 is 2. The molecule has 0 aliphatic carbocycles. The molecular formula is C19H25N5O5. The number of primary amides is 1. The highest BCUT2D eigenvalue weighted by atomic mass is 16.7. The summed E-state index contributed by atoms with van der Waals surface area (Å²) in [6.45, 7) is 1.87. The zero-order valence-corrected chi connectivity index (χ0v) is 16.5. The Hall–Kier alpha value is -2.98. The van der Waals surface area contributed by atoms with Crippen molar-refractivity contribution in [3.8, 4) is 5.69 Å². The summed E-state index contributed by atoms with van der Waals surface area (Å²) in [5.74, 6) is -0.369. The third-order valence-electron chi connectivity index (χ3n) is 5.27. The van der Waals surface area contributed by atoms with Crippen LogP contribution in [0.3, 0.4) is 0 Å². The molecule has 3 rings (SSSR count). The fraction of sp³-hybridized carbons (Fsp3) is 0.474. The van der Waals surface area contributed by atoms with Crippen LogP contribution in [0.15, 0.2) is 30.5 Å². The second-order valence-electron chi connectivity index (χ2n) is 7.01. The number of hydrogen-bond acceptors (Lipinski definition) is 7. The number of nitrogens with zero attached hydrogens (tertiary/aromatic N) is 4. The van der Waals surface area contributed by atoms with Gasteiger partial charge >= 0.3 is 5.69 Å². The Labute approximate surface area is 168 Å². The molecular weight excluding hydrogens is 378 g/mol. The van der Waals surface area contributed by atoms with Crippen LogP contribution < -0.4 is 10.6 Å². The van der Waals surface area contributed by atoms with Gasteiger partial charge in [-0.15, -0.1) is 0 Å². The van der Waals surface area contributed by atoms with E-state index in [0.29, 0.717) is 11.6 Å². The van der Waals surface area contributed by atoms with Gasteiger partial charge in [0.1, 0.15) is 6.20 Å². The van der Waals surface area contributed by atoms with Crippen LogP contribution in [0.4, 0.5) is 11.4 Å². The van der Waals surface area contributed by atoms with Crippen molar-refractivity contribution in [2.75, 3.05) is 32.2 Å². The first-order valence-electron chi connectivity index (χ1n) is 9.37. The number of nitro groups is 1. The maximum atomic E-state index is 11.4. The summed E-state index contributed by atoms with van der Waals surface area (Å²) in [5.41, 5.74) is 6.10. The highest BCUT2D eigenvalue weighted by Crippen LogP contribution is 2.28. The molecule has 29 heavy (non-hydrogen) atoms. The summed E-state index contributed by atoms with van der Waals surface area (Å²) >= 11 is 0. The van der Waals surface area contributed by atoms with Crippen LogP contribution in [0.5, 0.6) is 0 Å². The van der Waals surface area contributed by atoms with Gasteiger partial charge in [0.05, 0.1) is 10.6 Å². The van der Waals surface area contributed by atoms with Crippen molar-refractivity contribution in [1.82, 2.24) is 9.78 Å². The molecule has 1 saturated heterocycles. The molecule has 1 aliphatic rings. The second kappa shape index (κ2) is 9.01. The van der Waals surface area contributed by atoms with E-state index >= 15 is 0 Å². The lowest BCUT2D eigenvalue weighted by Gasteiger charge is -2.34. The van der Waals surface area contributed by atoms with Gasteiger partial charge in [0.25, 0.3) is 5.91 Å². The van der Waals surface area contributed by atoms with Crippen LogP contribution in [0.1, 0.15) is 29.8 Å². The van der Waals surface area contributed by atoms with Gasteiger partial charge in [-0.25, -0.2) is 4.68 Å². The standard InChI is InChI=1S/C19H25N5O5/c1-28-17(29-2)11-13-7-9-22(10-8-13)14-3-5-15(6-4-14)23-12-16(24(26)27)18(21-23)19(20)25/h3-6,12-13,17H,7-11H2,1-2H3,(H2,20,25). The van der Waals surface area contributed by atoms with E-state index in [9.17, 15) is 14.9 Å². The van der Waals surface area contributed by atoms with Crippen molar-refractivity contribution in [2.24, 2.45) is 11.7 Å². The zero-order valence-electron chi connectivity index (χ0n) is 16.5. The number of carbonyl (C=O) groups excluding carboxylic acids is 1. The lowest BCUT2D eigenvalue weighted by atomic mass is 9.93. The SMILES string of the molecule is COC(CC1CCN(c2ccc(-n3cc([N+](=O)[O-])c(C(N)=O)n3)cc2)CC1)OC. The van der Waals surface area contributed by atoms with Gasteiger partial charge in [0.2, 0.25) is 5.69 Å². The minimum atomic E-state index is -0.931. The Kier molecular flexibility index (Phi) is 6.45. The molecule has 2 N–H and O–H groups in total. The number of carbonyl (C=O) groups is 1. The highest BCUT2D eigenvalue weighted by molar-refractivity contribution is 5.94. The first-order valence-corrected chi connectivity index (χ1v) is 9.37. The van der Waals surface area contributed by atoms with Crippen LogP contribution in [0.25, 0.3) is 5.69 Å². The third kappa shape index (κ3) is 4.72. The number of ether oxygens (including phenoxy) is 2. The Morgan fingerprint density at radius 2 is 1.83 bits per heavy atom. The molecule has 10 nitrogen and oxygen atoms in total. The van der Waals surface area contributed by atoms with Gasteiger partial charge < -0.3 is 20.1 Å². The molecule has 0 spiro atoms. The number of amides is 1. The Morgan fingerprint density at radius 3 is 2.31 bits per heavy atom. The van der Waals surface area contributed by atoms with Gasteiger partial charge in [-0.1, -0.05) is 0 Å². The zero-order chi connectivity index (χ0) is 21.0. The number of aromatic nitrogens is 2. The van der Waals surface area contributed by atoms with E-state index in [1.807, 2.05) is 24.3 Å². The molecule has 156 valence electrons. The Bertz CT molecular complexity index is 823. The molecule has 10 heteroatoms. The minimum absolute atomic E-state index is 0.158. The smallest absolute Gasteiger partial charge is 0.320 e. The average Bonchev–Trinajstić information content (AvgIpc) is 3.19. The predicted molar refractivity (Wildman–Crippen MR) is 106 cm³/mol. The molecule has 1 aromatic carbocycles. The van der Waals surface area contributed by atoms with Gasteiger partial charge in [-0.2, -0.15) is 5.10 Å². The van der Waals surface area contributed by atoms with Gasteiger partial charge in [0.15, 0.2) is 6.29 Å². The highest BCUT2D eigenvalue weighted by Gasteiger charge is 2.25. The van der Waals surface area contributed by atoms with Crippen LogP contribution >= 0.6 is 0 Å². The maximum Gasteiger partial charge on any atom is 0.320 e. The molecule has 1 aromatic heterocycles. The van der Waals surface area contributed by atoms with Crippen molar-refractivity contribution in [1.29, 1.82) is 0 Å². The number of piperidine rings is 1. The fourth-order valence-corrected chi connectivity index (χ4v) is 3.61. The largest absolute Gasteiger partial charge is 0.372 e. The number of anilines is 1. The lowest BCUT2D eigenvalue weighted by molar-refractivity contribution is -0.385.